The number of hydrogen-bond donors (Lipinski definition) is 2. The lowest BCUT2D eigenvalue weighted by Crippen LogP contribution is -2.36. The zero-order valence-electron chi connectivity index (χ0n) is 16.3. The van der Waals surface area contributed by atoms with E-state index in [0.717, 1.165) is 41.9 Å². The monoisotopic (exact) mass is 416 g/mol. The molecule has 2 aromatic carbocycles. The molecule has 29 heavy (non-hydrogen) atoms. The maximum absolute atomic E-state index is 13.1. The second kappa shape index (κ2) is 7.68. The number of fused-ring (bicyclic) bond motifs is 1. The Labute approximate surface area is 170 Å². The standard InChI is InChI=1S/C21H24N2O5S/c1-14-11-17(23-7-9-28-10-8-23)5-6-19(14)22-29(26,27)20-13-16(21(24)25)12-15-3-2-4-18(15)20/h5-6,11-13,22H,2-4,7-10H2,1H3,(H,24,25). The summed E-state index contributed by atoms with van der Waals surface area (Å²) in [5.74, 6) is -1.12. The van der Waals surface area contributed by atoms with Crippen molar-refractivity contribution in [3.05, 3.63) is 52.6 Å². The van der Waals surface area contributed by atoms with Crippen LogP contribution in [0.4, 0.5) is 11.4 Å². The molecule has 0 bridgehead atoms. The number of aryl methyl sites for hydroxylation is 2. The summed E-state index contributed by atoms with van der Waals surface area (Å²) in [6.07, 6.45) is 2.17. The molecular weight excluding hydrogens is 392 g/mol. The third kappa shape index (κ3) is 3.95. The molecule has 8 heteroatoms. The van der Waals surface area contributed by atoms with Crippen molar-refractivity contribution in [2.75, 3.05) is 35.9 Å². The maximum Gasteiger partial charge on any atom is 0.335 e. The Morgan fingerprint density at radius 2 is 1.90 bits per heavy atom. The zero-order chi connectivity index (χ0) is 20.6. The van der Waals surface area contributed by atoms with Crippen molar-refractivity contribution < 1.29 is 23.1 Å². The fourth-order valence-corrected chi connectivity index (χ4v) is 5.48. The van der Waals surface area contributed by atoms with Crippen LogP contribution < -0.4 is 9.62 Å². The van der Waals surface area contributed by atoms with Crippen molar-refractivity contribution in [1.29, 1.82) is 0 Å². The lowest BCUT2D eigenvalue weighted by atomic mass is 10.1. The highest BCUT2D eigenvalue weighted by molar-refractivity contribution is 7.92. The molecule has 0 atom stereocenters. The van der Waals surface area contributed by atoms with Gasteiger partial charge in [0, 0.05) is 18.8 Å². The number of carbonyl (C=O) groups is 1. The van der Waals surface area contributed by atoms with Gasteiger partial charge < -0.3 is 14.7 Å². The van der Waals surface area contributed by atoms with Gasteiger partial charge >= 0.3 is 5.97 Å². The van der Waals surface area contributed by atoms with E-state index < -0.39 is 16.0 Å². The Morgan fingerprint density at radius 1 is 1.14 bits per heavy atom. The molecule has 0 saturated carbocycles. The van der Waals surface area contributed by atoms with E-state index in [1.165, 1.54) is 6.07 Å². The maximum atomic E-state index is 13.1. The minimum Gasteiger partial charge on any atom is -0.478 e. The van der Waals surface area contributed by atoms with Crippen LogP contribution in [-0.4, -0.2) is 45.8 Å². The lowest BCUT2D eigenvalue weighted by molar-refractivity contribution is 0.0696. The lowest BCUT2D eigenvalue weighted by Gasteiger charge is -2.29. The number of hydrogen-bond acceptors (Lipinski definition) is 5. The highest BCUT2D eigenvalue weighted by atomic mass is 32.2. The Kier molecular flexibility index (Phi) is 5.23. The summed E-state index contributed by atoms with van der Waals surface area (Å²) >= 11 is 0. The predicted molar refractivity (Wildman–Crippen MR) is 110 cm³/mol. The number of anilines is 2. The molecule has 1 aliphatic carbocycles. The van der Waals surface area contributed by atoms with Gasteiger partial charge in [0.1, 0.15) is 0 Å². The molecule has 1 aliphatic heterocycles. The van der Waals surface area contributed by atoms with E-state index in [1.54, 1.807) is 12.1 Å². The van der Waals surface area contributed by atoms with Crippen LogP contribution in [-0.2, 0) is 27.6 Å². The highest BCUT2D eigenvalue weighted by Gasteiger charge is 2.26. The molecular formula is C21H24N2O5S. The number of carboxylic acid groups (broad SMARTS) is 1. The largest absolute Gasteiger partial charge is 0.478 e. The smallest absolute Gasteiger partial charge is 0.335 e. The third-order valence-corrected chi connectivity index (χ3v) is 6.97. The summed E-state index contributed by atoms with van der Waals surface area (Å²) < 4.78 is 34.3. The number of rotatable bonds is 5. The van der Waals surface area contributed by atoms with Crippen LogP contribution in [0.5, 0.6) is 0 Å². The van der Waals surface area contributed by atoms with E-state index in [0.29, 0.717) is 31.7 Å². The van der Waals surface area contributed by atoms with Crippen LogP contribution in [0.2, 0.25) is 0 Å². The summed E-state index contributed by atoms with van der Waals surface area (Å²) in [7, 11) is -3.90. The van der Waals surface area contributed by atoms with Crippen LogP contribution in [0.3, 0.4) is 0 Å². The van der Waals surface area contributed by atoms with Gasteiger partial charge in [-0.1, -0.05) is 0 Å². The molecule has 0 amide bonds. The Hall–Kier alpha value is -2.58. The highest BCUT2D eigenvalue weighted by Crippen LogP contribution is 2.32. The van der Waals surface area contributed by atoms with E-state index >= 15 is 0 Å². The van der Waals surface area contributed by atoms with E-state index in [2.05, 4.69) is 9.62 Å². The Bertz CT molecular complexity index is 1060. The van der Waals surface area contributed by atoms with Gasteiger partial charge in [0.25, 0.3) is 10.0 Å². The first-order valence-corrected chi connectivity index (χ1v) is 11.2. The van der Waals surface area contributed by atoms with E-state index in [-0.39, 0.29) is 10.5 Å². The number of morpholine rings is 1. The SMILES string of the molecule is Cc1cc(N2CCOCC2)ccc1NS(=O)(=O)c1cc(C(=O)O)cc2c1CCC2. The second-order valence-corrected chi connectivity index (χ2v) is 9.13. The van der Waals surface area contributed by atoms with Gasteiger partial charge in [0.15, 0.2) is 0 Å². The number of carboxylic acids is 1. The molecule has 2 aliphatic rings. The van der Waals surface area contributed by atoms with Crippen molar-refractivity contribution in [1.82, 2.24) is 0 Å². The number of nitrogens with one attached hydrogen (secondary N) is 1. The average molecular weight is 416 g/mol. The zero-order valence-corrected chi connectivity index (χ0v) is 17.1. The van der Waals surface area contributed by atoms with Gasteiger partial charge in [0.2, 0.25) is 0 Å². The van der Waals surface area contributed by atoms with Gasteiger partial charge in [-0.3, -0.25) is 4.72 Å². The number of aromatic carboxylic acids is 1. The van der Waals surface area contributed by atoms with Crippen molar-refractivity contribution in [3.63, 3.8) is 0 Å². The number of sulfonamides is 1. The van der Waals surface area contributed by atoms with Crippen molar-refractivity contribution in [2.24, 2.45) is 0 Å². The second-order valence-electron chi connectivity index (χ2n) is 7.47. The quantitative estimate of drug-likeness (QED) is 0.778. The van der Waals surface area contributed by atoms with Crippen LogP contribution in [0.25, 0.3) is 0 Å². The summed E-state index contributed by atoms with van der Waals surface area (Å²) in [5, 5.41) is 9.37. The minimum absolute atomic E-state index is 0.00501. The van der Waals surface area contributed by atoms with Crippen LogP contribution in [0.1, 0.15) is 33.5 Å². The fourth-order valence-electron chi connectivity index (χ4n) is 4.01. The topological polar surface area (TPSA) is 95.9 Å². The summed E-state index contributed by atoms with van der Waals surface area (Å²) in [5.41, 5.74) is 3.88. The first-order valence-electron chi connectivity index (χ1n) is 9.70. The molecule has 2 aromatic rings. The van der Waals surface area contributed by atoms with Crippen molar-refractivity contribution in [2.45, 2.75) is 31.1 Å². The molecule has 1 saturated heterocycles. The molecule has 2 N–H and O–H groups in total. The van der Waals surface area contributed by atoms with Crippen molar-refractivity contribution >= 4 is 27.4 Å². The third-order valence-electron chi connectivity index (χ3n) is 5.54. The van der Waals surface area contributed by atoms with Crippen LogP contribution >= 0.6 is 0 Å². The van der Waals surface area contributed by atoms with Gasteiger partial charge in [-0.25, -0.2) is 13.2 Å². The van der Waals surface area contributed by atoms with E-state index in [4.69, 9.17) is 4.74 Å². The average Bonchev–Trinajstić information content (AvgIpc) is 3.18. The predicted octanol–water partition coefficient (Wildman–Crippen LogP) is 2.82. The molecule has 0 aromatic heterocycles. The normalized spacial score (nSPS) is 16.5. The van der Waals surface area contributed by atoms with Crippen LogP contribution in [0, 0.1) is 6.92 Å². The number of nitrogens with zero attached hydrogens (tertiary/aromatic N) is 1. The minimum atomic E-state index is -3.90. The van der Waals surface area contributed by atoms with Gasteiger partial charge in [-0.2, -0.15) is 0 Å². The molecule has 7 nitrogen and oxygen atoms in total. The Morgan fingerprint density at radius 3 is 2.59 bits per heavy atom. The van der Waals surface area contributed by atoms with Gasteiger partial charge in [0.05, 0.1) is 29.4 Å². The van der Waals surface area contributed by atoms with Crippen molar-refractivity contribution in [3.8, 4) is 0 Å². The first-order chi connectivity index (χ1) is 13.8. The van der Waals surface area contributed by atoms with Gasteiger partial charge in [-0.05, 0) is 73.2 Å². The van der Waals surface area contributed by atoms with Crippen LogP contribution in [0.15, 0.2) is 35.2 Å². The molecule has 1 heterocycles. The molecule has 0 spiro atoms. The summed E-state index contributed by atoms with van der Waals surface area (Å²) in [4.78, 5) is 13.7. The Balaban J connectivity index is 1.65. The van der Waals surface area contributed by atoms with E-state index in [1.807, 2.05) is 19.1 Å². The fraction of sp³-hybridized carbons (Fsp3) is 0.381. The number of benzene rings is 2. The molecule has 154 valence electrons. The molecule has 1 fully saturated rings. The molecule has 0 unspecified atom stereocenters. The molecule has 4 rings (SSSR count). The summed E-state index contributed by atoms with van der Waals surface area (Å²) in [6.45, 7) is 4.83. The van der Waals surface area contributed by atoms with Gasteiger partial charge in [-0.15, -0.1) is 0 Å². The number of ether oxygens (including phenoxy) is 1. The van der Waals surface area contributed by atoms with E-state index in [9.17, 15) is 18.3 Å². The summed E-state index contributed by atoms with van der Waals surface area (Å²) in [6, 6.07) is 8.48. The molecule has 0 radical (unpaired) electrons. The first kappa shape index (κ1) is 19.7.